The smallest absolute Gasteiger partial charge is 0.322 e. The van der Waals surface area contributed by atoms with Crippen molar-refractivity contribution in [2.75, 3.05) is 25.7 Å². The van der Waals surface area contributed by atoms with E-state index in [0.717, 1.165) is 31.4 Å². The summed E-state index contributed by atoms with van der Waals surface area (Å²) in [6.07, 6.45) is 8.15. The molecular formula is C27H41NO6S. The van der Waals surface area contributed by atoms with E-state index in [4.69, 9.17) is 4.74 Å². The fourth-order valence-electron chi connectivity index (χ4n) is 8.19. The Balaban J connectivity index is 1.54. The summed E-state index contributed by atoms with van der Waals surface area (Å²) in [6.45, 7) is 4.07. The van der Waals surface area contributed by atoms with Crippen molar-refractivity contribution in [3.05, 3.63) is 11.6 Å². The molecule has 3 fully saturated rings. The van der Waals surface area contributed by atoms with E-state index in [9.17, 15) is 24.6 Å². The first kappa shape index (κ1) is 26.8. The van der Waals surface area contributed by atoms with Crippen LogP contribution in [0.3, 0.4) is 0 Å². The summed E-state index contributed by atoms with van der Waals surface area (Å²) in [5.74, 6) is 0.600. The van der Waals surface area contributed by atoms with Crippen LogP contribution in [0, 0.1) is 28.6 Å². The highest BCUT2D eigenvalue weighted by atomic mass is 32.2. The molecule has 0 aromatic rings. The number of fused-ring (bicyclic) bond motifs is 5. The molecule has 0 aliphatic heterocycles. The van der Waals surface area contributed by atoms with Crippen LogP contribution in [0.2, 0.25) is 0 Å². The molecule has 1 unspecified atom stereocenters. The van der Waals surface area contributed by atoms with Gasteiger partial charge in [0.1, 0.15) is 11.6 Å². The first-order valence-electron chi connectivity index (χ1n) is 13.0. The van der Waals surface area contributed by atoms with Gasteiger partial charge in [-0.25, -0.2) is 0 Å². The number of thioether (sulfide) groups is 1. The van der Waals surface area contributed by atoms with Gasteiger partial charge in [0, 0.05) is 11.8 Å². The molecule has 0 saturated heterocycles. The number of hydrogen-bond donors (Lipinski definition) is 3. The number of carbonyl (C=O) groups excluding carboxylic acids is 3. The van der Waals surface area contributed by atoms with E-state index < -0.39 is 29.1 Å². The minimum atomic E-state index is -1.55. The van der Waals surface area contributed by atoms with Crippen LogP contribution in [0.4, 0.5) is 0 Å². The lowest BCUT2D eigenvalue weighted by Gasteiger charge is -2.60. The van der Waals surface area contributed by atoms with Crippen LogP contribution < -0.4 is 5.32 Å². The maximum Gasteiger partial charge on any atom is 0.322 e. The van der Waals surface area contributed by atoms with Gasteiger partial charge in [0.2, 0.25) is 0 Å². The molecular weight excluding hydrogens is 466 g/mol. The van der Waals surface area contributed by atoms with E-state index in [1.165, 1.54) is 12.7 Å². The fourth-order valence-corrected chi connectivity index (χ4v) is 8.66. The summed E-state index contributed by atoms with van der Waals surface area (Å²) in [5.41, 5.74) is -1.30. The van der Waals surface area contributed by atoms with Gasteiger partial charge in [-0.15, -0.1) is 0 Å². The number of aliphatic hydroxyl groups is 2. The van der Waals surface area contributed by atoms with Gasteiger partial charge in [0.05, 0.1) is 19.8 Å². The highest BCUT2D eigenvalue weighted by molar-refractivity contribution is 7.98. The maximum absolute atomic E-state index is 13.5. The standard InChI is InChI=1S/C27H41NO6S/c1-25-10-7-17(29)13-16(25)5-6-18-19-8-11-27(33,26(19,2)14-21(30)23(18)25)22(31)15-28-20(9-12-35-4)24(32)34-3/h13,18-21,23,28,30,33H,5-12,14-15H2,1-4H3/t18-,19-,20?,21-,23+,25-,26-,27-/m0/s1. The zero-order chi connectivity index (χ0) is 25.6. The Labute approximate surface area is 212 Å². The third-order valence-electron chi connectivity index (χ3n) is 10.1. The number of allylic oxidation sites excluding steroid dienone is 1. The first-order valence-corrected chi connectivity index (χ1v) is 14.4. The maximum atomic E-state index is 13.5. The summed E-state index contributed by atoms with van der Waals surface area (Å²) < 4.78 is 4.89. The van der Waals surface area contributed by atoms with Gasteiger partial charge in [-0.3, -0.25) is 19.7 Å². The molecule has 0 bridgehead atoms. The van der Waals surface area contributed by atoms with E-state index >= 15 is 0 Å². The summed E-state index contributed by atoms with van der Waals surface area (Å²) in [6, 6.07) is -0.594. The SMILES string of the molecule is COC(=O)C(CCSC)NCC(=O)[C@@]1(O)CC[C@H]2[C@@H]3CCC4=CC(=O)CC[C@]4(C)[C@H]3[C@@H](O)C[C@@]21C. The quantitative estimate of drug-likeness (QED) is 0.430. The number of ketones is 2. The molecule has 8 atom stereocenters. The number of esters is 1. The van der Waals surface area contributed by atoms with Crippen molar-refractivity contribution in [2.45, 2.75) is 83.0 Å². The topological polar surface area (TPSA) is 113 Å². The third-order valence-corrected chi connectivity index (χ3v) is 10.8. The Morgan fingerprint density at radius 1 is 1.26 bits per heavy atom. The normalized spacial score (nSPS) is 41.3. The van der Waals surface area contributed by atoms with E-state index in [1.54, 1.807) is 11.8 Å². The molecule has 4 rings (SSSR count). The molecule has 3 saturated carbocycles. The minimum absolute atomic E-state index is 0.0412. The van der Waals surface area contributed by atoms with Crippen molar-refractivity contribution in [2.24, 2.45) is 28.6 Å². The predicted octanol–water partition coefficient (Wildman–Crippen LogP) is 2.67. The fraction of sp³-hybridized carbons (Fsp3) is 0.815. The van der Waals surface area contributed by atoms with Crippen LogP contribution in [0.5, 0.6) is 0 Å². The van der Waals surface area contributed by atoms with Crippen LogP contribution >= 0.6 is 11.8 Å². The molecule has 0 spiro atoms. The van der Waals surface area contributed by atoms with Crippen molar-refractivity contribution in [3.8, 4) is 0 Å². The molecule has 35 heavy (non-hydrogen) atoms. The molecule has 4 aliphatic rings. The van der Waals surface area contributed by atoms with Crippen molar-refractivity contribution < 1.29 is 29.3 Å². The highest BCUT2D eigenvalue weighted by Gasteiger charge is 2.68. The zero-order valence-corrected chi connectivity index (χ0v) is 22.3. The average molecular weight is 508 g/mol. The van der Waals surface area contributed by atoms with Crippen molar-refractivity contribution in [1.29, 1.82) is 0 Å². The molecule has 0 amide bonds. The van der Waals surface area contributed by atoms with Crippen molar-refractivity contribution >= 4 is 29.3 Å². The number of carbonyl (C=O) groups is 3. The second-order valence-electron chi connectivity index (χ2n) is 11.6. The van der Waals surface area contributed by atoms with E-state index in [0.29, 0.717) is 25.7 Å². The summed E-state index contributed by atoms with van der Waals surface area (Å²) in [5, 5.41) is 26.4. The van der Waals surface area contributed by atoms with Crippen molar-refractivity contribution in [3.63, 3.8) is 0 Å². The van der Waals surface area contributed by atoms with Crippen LogP contribution in [-0.4, -0.2) is 71.2 Å². The monoisotopic (exact) mass is 507 g/mol. The Hall–Kier alpha value is -1.22. The molecule has 0 radical (unpaired) electrons. The van der Waals surface area contributed by atoms with Gasteiger partial charge in [-0.1, -0.05) is 19.4 Å². The van der Waals surface area contributed by atoms with Crippen LogP contribution in [0.15, 0.2) is 11.6 Å². The lowest BCUT2D eigenvalue weighted by Crippen LogP contribution is -2.62. The summed E-state index contributed by atoms with van der Waals surface area (Å²) in [7, 11) is 1.33. The van der Waals surface area contributed by atoms with Gasteiger partial charge in [-0.05, 0) is 86.2 Å². The molecule has 0 aromatic carbocycles. The Morgan fingerprint density at radius 2 is 2.00 bits per heavy atom. The number of ether oxygens (including phenoxy) is 1. The number of methoxy groups -OCH3 is 1. The van der Waals surface area contributed by atoms with Gasteiger partial charge in [-0.2, -0.15) is 11.8 Å². The van der Waals surface area contributed by atoms with Gasteiger partial charge in [0.25, 0.3) is 0 Å². The predicted molar refractivity (Wildman–Crippen MR) is 135 cm³/mol. The second-order valence-corrected chi connectivity index (χ2v) is 12.6. The van der Waals surface area contributed by atoms with Crippen LogP contribution in [-0.2, 0) is 19.1 Å². The number of rotatable bonds is 8. The molecule has 196 valence electrons. The van der Waals surface area contributed by atoms with Gasteiger partial charge in [0.15, 0.2) is 11.6 Å². The summed E-state index contributed by atoms with van der Waals surface area (Å²) in [4.78, 5) is 37.8. The third kappa shape index (κ3) is 4.32. The molecule has 8 heteroatoms. The Morgan fingerprint density at radius 3 is 2.69 bits per heavy atom. The van der Waals surface area contributed by atoms with E-state index in [-0.39, 0.29) is 41.3 Å². The lowest BCUT2D eigenvalue weighted by atomic mass is 9.45. The molecule has 3 N–H and O–H groups in total. The Kier molecular flexibility index (Phi) is 7.60. The van der Waals surface area contributed by atoms with Crippen LogP contribution in [0.25, 0.3) is 0 Å². The van der Waals surface area contributed by atoms with E-state index in [2.05, 4.69) is 12.2 Å². The van der Waals surface area contributed by atoms with Gasteiger partial charge < -0.3 is 14.9 Å². The average Bonchev–Trinajstić information content (AvgIpc) is 3.09. The van der Waals surface area contributed by atoms with Gasteiger partial charge >= 0.3 is 5.97 Å². The summed E-state index contributed by atoms with van der Waals surface area (Å²) >= 11 is 1.62. The number of Topliss-reactive ketones (excluding diaryl/α,β-unsaturated/α-hetero) is 1. The molecule has 0 aromatic heterocycles. The number of aliphatic hydroxyl groups excluding tert-OH is 1. The van der Waals surface area contributed by atoms with E-state index in [1.807, 2.05) is 19.3 Å². The molecule has 0 heterocycles. The first-order chi connectivity index (χ1) is 16.5. The van der Waals surface area contributed by atoms with Crippen molar-refractivity contribution in [1.82, 2.24) is 5.32 Å². The van der Waals surface area contributed by atoms with Crippen LogP contribution in [0.1, 0.15) is 65.2 Å². The highest BCUT2D eigenvalue weighted by Crippen LogP contribution is 2.67. The number of nitrogens with one attached hydrogen (secondary N) is 1. The largest absolute Gasteiger partial charge is 0.468 e. The lowest BCUT2D eigenvalue weighted by molar-refractivity contribution is -0.180. The Bertz CT molecular complexity index is 906. The zero-order valence-electron chi connectivity index (χ0n) is 21.5. The number of hydrogen-bond acceptors (Lipinski definition) is 8. The molecule has 7 nitrogen and oxygen atoms in total. The molecule has 4 aliphatic carbocycles. The minimum Gasteiger partial charge on any atom is -0.468 e. The second kappa shape index (κ2) is 9.92.